The molecule has 0 unspecified atom stereocenters. The third kappa shape index (κ3) is 6.97. The molecule has 0 spiro atoms. The van der Waals surface area contributed by atoms with E-state index in [1.807, 2.05) is 20.8 Å². The molecule has 122 valence electrons. The van der Waals surface area contributed by atoms with Crippen molar-refractivity contribution in [3.05, 3.63) is 29.8 Å². The summed E-state index contributed by atoms with van der Waals surface area (Å²) in [6.07, 6.45) is -0.469. The molecule has 22 heavy (non-hydrogen) atoms. The molecule has 0 saturated carbocycles. The summed E-state index contributed by atoms with van der Waals surface area (Å²) in [5, 5.41) is 5.30. The predicted octanol–water partition coefficient (Wildman–Crippen LogP) is 2.20. The average molecular weight is 308 g/mol. The normalized spacial score (nSPS) is 10.2. The molecule has 0 saturated heterocycles. The van der Waals surface area contributed by atoms with E-state index < -0.39 is 6.09 Å². The molecule has 1 aromatic carbocycles. The summed E-state index contributed by atoms with van der Waals surface area (Å²) in [5.74, 6) is 0.833. The van der Waals surface area contributed by atoms with Crippen LogP contribution in [0.1, 0.15) is 31.1 Å². The van der Waals surface area contributed by atoms with Crippen LogP contribution < -0.4 is 15.4 Å². The molecule has 0 atom stereocenters. The van der Waals surface area contributed by atoms with Gasteiger partial charge in [0.05, 0.1) is 13.2 Å². The van der Waals surface area contributed by atoms with Gasteiger partial charge in [-0.15, -0.1) is 0 Å². The van der Waals surface area contributed by atoms with Crippen molar-refractivity contribution in [3.63, 3.8) is 0 Å². The SMILES string of the molecule is CCOc1ccc(C(=O)NCCNC(=O)OCC(C)C)cc1. The molecular weight excluding hydrogens is 284 g/mol. The van der Waals surface area contributed by atoms with Crippen molar-refractivity contribution in [2.45, 2.75) is 20.8 Å². The lowest BCUT2D eigenvalue weighted by Gasteiger charge is -2.09. The van der Waals surface area contributed by atoms with Crippen LogP contribution in [-0.4, -0.2) is 38.3 Å². The van der Waals surface area contributed by atoms with E-state index in [0.29, 0.717) is 37.8 Å². The fraction of sp³-hybridized carbons (Fsp3) is 0.500. The van der Waals surface area contributed by atoms with Crippen molar-refractivity contribution in [1.82, 2.24) is 10.6 Å². The van der Waals surface area contributed by atoms with Crippen LogP contribution in [0.25, 0.3) is 0 Å². The van der Waals surface area contributed by atoms with E-state index in [1.54, 1.807) is 24.3 Å². The van der Waals surface area contributed by atoms with E-state index in [2.05, 4.69) is 10.6 Å². The van der Waals surface area contributed by atoms with Crippen molar-refractivity contribution >= 4 is 12.0 Å². The van der Waals surface area contributed by atoms with Gasteiger partial charge in [0.2, 0.25) is 0 Å². The Morgan fingerprint density at radius 2 is 1.73 bits per heavy atom. The van der Waals surface area contributed by atoms with Gasteiger partial charge in [-0.05, 0) is 37.1 Å². The molecule has 6 heteroatoms. The summed E-state index contributed by atoms with van der Waals surface area (Å²) in [6, 6.07) is 6.90. The fourth-order valence-electron chi connectivity index (χ4n) is 1.61. The smallest absolute Gasteiger partial charge is 0.407 e. The highest BCUT2D eigenvalue weighted by molar-refractivity contribution is 5.94. The molecule has 0 heterocycles. The van der Waals surface area contributed by atoms with Gasteiger partial charge in [-0.25, -0.2) is 4.79 Å². The minimum Gasteiger partial charge on any atom is -0.494 e. The zero-order chi connectivity index (χ0) is 16.4. The number of benzene rings is 1. The number of hydrogen-bond donors (Lipinski definition) is 2. The van der Waals surface area contributed by atoms with Gasteiger partial charge in [0.1, 0.15) is 5.75 Å². The van der Waals surface area contributed by atoms with Crippen LogP contribution in [0.4, 0.5) is 4.79 Å². The van der Waals surface area contributed by atoms with Crippen LogP contribution in [0.3, 0.4) is 0 Å². The molecule has 1 rings (SSSR count). The third-order valence-corrected chi connectivity index (χ3v) is 2.66. The van der Waals surface area contributed by atoms with Crippen LogP contribution in [0.2, 0.25) is 0 Å². The summed E-state index contributed by atoms with van der Waals surface area (Å²) in [6.45, 7) is 7.45. The number of carbonyl (C=O) groups is 2. The van der Waals surface area contributed by atoms with E-state index in [4.69, 9.17) is 9.47 Å². The minimum absolute atomic E-state index is 0.194. The van der Waals surface area contributed by atoms with Crippen LogP contribution in [0.5, 0.6) is 5.75 Å². The largest absolute Gasteiger partial charge is 0.494 e. The first kappa shape index (κ1) is 17.8. The number of rotatable bonds is 8. The summed E-state index contributed by atoms with van der Waals surface area (Å²) in [7, 11) is 0. The highest BCUT2D eigenvalue weighted by Gasteiger charge is 2.06. The summed E-state index contributed by atoms with van der Waals surface area (Å²) in [5.41, 5.74) is 0.547. The maximum atomic E-state index is 11.9. The lowest BCUT2D eigenvalue weighted by Crippen LogP contribution is -2.35. The molecule has 2 N–H and O–H groups in total. The highest BCUT2D eigenvalue weighted by atomic mass is 16.5. The number of hydrogen-bond acceptors (Lipinski definition) is 4. The van der Waals surface area contributed by atoms with Crippen LogP contribution in [0.15, 0.2) is 24.3 Å². The summed E-state index contributed by atoms with van der Waals surface area (Å²) < 4.78 is 10.3. The molecular formula is C16H24N2O4. The topological polar surface area (TPSA) is 76.7 Å². The Bertz CT molecular complexity index is 472. The Morgan fingerprint density at radius 3 is 2.32 bits per heavy atom. The van der Waals surface area contributed by atoms with Gasteiger partial charge < -0.3 is 20.1 Å². The van der Waals surface area contributed by atoms with Crippen molar-refractivity contribution in [2.75, 3.05) is 26.3 Å². The first-order valence-electron chi connectivity index (χ1n) is 7.44. The minimum atomic E-state index is -0.469. The Labute approximate surface area is 131 Å². The Hall–Kier alpha value is -2.24. The maximum Gasteiger partial charge on any atom is 0.407 e. The molecule has 0 aliphatic heterocycles. The Kier molecular flexibility index (Phi) is 7.81. The average Bonchev–Trinajstić information content (AvgIpc) is 2.50. The summed E-state index contributed by atoms with van der Waals surface area (Å²) >= 11 is 0. The molecule has 0 aromatic heterocycles. The first-order chi connectivity index (χ1) is 10.5. The molecule has 0 aliphatic carbocycles. The molecule has 0 bridgehead atoms. The summed E-state index contributed by atoms with van der Waals surface area (Å²) in [4.78, 5) is 23.2. The lowest BCUT2D eigenvalue weighted by molar-refractivity contribution is 0.0951. The van der Waals surface area contributed by atoms with Gasteiger partial charge in [-0.2, -0.15) is 0 Å². The third-order valence-electron chi connectivity index (χ3n) is 2.66. The number of carbonyl (C=O) groups excluding carboxylic acids is 2. The van der Waals surface area contributed by atoms with Crippen LogP contribution >= 0.6 is 0 Å². The molecule has 0 aliphatic rings. The monoisotopic (exact) mass is 308 g/mol. The van der Waals surface area contributed by atoms with Gasteiger partial charge in [0.15, 0.2) is 0 Å². The van der Waals surface area contributed by atoms with Crippen molar-refractivity contribution in [1.29, 1.82) is 0 Å². The first-order valence-corrected chi connectivity index (χ1v) is 7.44. The maximum absolute atomic E-state index is 11.9. The number of nitrogens with one attached hydrogen (secondary N) is 2. The van der Waals surface area contributed by atoms with Crippen molar-refractivity contribution < 1.29 is 19.1 Å². The number of ether oxygens (including phenoxy) is 2. The van der Waals surface area contributed by atoms with Crippen LogP contribution in [-0.2, 0) is 4.74 Å². The second-order valence-electron chi connectivity index (χ2n) is 5.13. The van der Waals surface area contributed by atoms with E-state index in [1.165, 1.54) is 0 Å². The van der Waals surface area contributed by atoms with E-state index >= 15 is 0 Å². The number of alkyl carbamates (subject to hydrolysis) is 1. The van der Waals surface area contributed by atoms with E-state index in [-0.39, 0.29) is 5.91 Å². The Morgan fingerprint density at radius 1 is 1.09 bits per heavy atom. The second-order valence-corrected chi connectivity index (χ2v) is 5.13. The molecule has 6 nitrogen and oxygen atoms in total. The quantitative estimate of drug-likeness (QED) is 0.722. The molecule has 2 amide bonds. The predicted molar refractivity (Wildman–Crippen MR) is 84.1 cm³/mol. The fourth-order valence-corrected chi connectivity index (χ4v) is 1.61. The second kappa shape index (κ2) is 9.65. The zero-order valence-corrected chi connectivity index (χ0v) is 13.3. The van der Waals surface area contributed by atoms with Crippen molar-refractivity contribution in [3.8, 4) is 5.75 Å². The van der Waals surface area contributed by atoms with Gasteiger partial charge in [-0.3, -0.25) is 4.79 Å². The van der Waals surface area contributed by atoms with E-state index in [0.717, 1.165) is 5.75 Å². The van der Waals surface area contributed by atoms with E-state index in [9.17, 15) is 9.59 Å². The lowest BCUT2D eigenvalue weighted by atomic mass is 10.2. The molecule has 0 radical (unpaired) electrons. The Balaban J connectivity index is 2.24. The van der Waals surface area contributed by atoms with Gasteiger partial charge in [0.25, 0.3) is 5.91 Å². The molecule has 0 fully saturated rings. The zero-order valence-electron chi connectivity index (χ0n) is 13.3. The van der Waals surface area contributed by atoms with Gasteiger partial charge >= 0.3 is 6.09 Å². The number of amides is 2. The van der Waals surface area contributed by atoms with Crippen molar-refractivity contribution in [2.24, 2.45) is 5.92 Å². The highest BCUT2D eigenvalue weighted by Crippen LogP contribution is 2.11. The van der Waals surface area contributed by atoms with Gasteiger partial charge in [0, 0.05) is 18.7 Å². The van der Waals surface area contributed by atoms with Crippen LogP contribution in [0, 0.1) is 5.92 Å². The standard InChI is InChI=1S/C16H24N2O4/c1-4-21-14-7-5-13(6-8-14)15(19)17-9-10-18-16(20)22-11-12(2)3/h5-8,12H,4,9-11H2,1-3H3,(H,17,19)(H,18,20). The van der Waals surface area contributed by atoms with Gasteiger partial charge in [-0.1, -0.05) is 13.8 Å². The molecule has 1 aromatic rings.